The summed E-state index contributed by atoms with van der Waals surface area (Å²) in [5, 5.41) is 6.89. The summed E-state index contributed by atoms with van der Waals surface area (Å²) in [5.74, 6) is 2.99. The van der Waals surface area contributed by atoms with E-state index >= 15 is 0 Å². The largest absolute Gasteiger partial charge is 0.497 e. The molecule has 2 rings (SSSR count). The first kappa shape index (κ1) is 22.9. The molecule has 158 valence electrons. The first-order valence-corrected chi connectivity index (χ1v) is 11.6. The van der Waals surface area contributed by atoms with E-state index < -0.39 is 0 Å². The Kier molecular flexibility index (Phi) is 10.6. The van der Waals surface area contributed by atoms with Crippen molar-refractivity contribution >= 4 is 17.7 Å². The third-order valence-corrected chi connectivity index (χ3v) is 6.51. The van der Waals surface area contributed by atoms with Gasteiger partial charge in [0.25, 0.3) is 0 Å². The number of methoxy groups -OCH3 is 1. The molecule has 0 amide bonds. The van der Waals surface area contributed by atoms with Gasteiger partial charge in [-0.2, -0.15) is 11.8 Å². The van der Waals surface area contributed by atoms with Crippen molar-refractivity contribution in [3.05, 3.63) is 29.8 Å². The number of rotatable bonds is 11. The van der Waals surface area contributed by atoms with Gasteiger partial charge in [0.1, 0.15) is 5.75 Å². The Labute approximate surface area is 175 Å². The number of thioether (sulfide) groups is 1. The summed E-state index contributed by atoms with van der Waals surface area (Å²) in [6.07, 6.45) is 5.56. The molecule has 0 bridgehead atoms. The number of aliphatic imine (C=N–C) groups is 1. The van der Waals surface area contributed by atoms with Crippen LogP contribution in [0.15, 0.2) is 29.3 Å². The highest BCUT2D eigenvalue weighted by Crippen LogP contribution is 2.35. The van der Waals surface area contributed by atoms with Crippen LogP contribution in [0, 0.1) is 0 Å². The molecule has 0 aliphatic carbocycles. The van der Waals surface area contributed by atoms with Crippen LogP contribution in [0.5, 0.6) is 5.75 Å². The van der Waals surface area contributed by atoms with Gasteiger partial charge in [-0.15, -0.1) is 0 Å². The van der Waals surface area contributed by atoms with Gasteiger partial charge < -0.3 is 20.1 Å². The fraction of sp³-hybridized carbons (Fsp3) is 0.682. The molecule has 1 saturated heterocycles. The minimum atomic E-state index is 0.240. The summed E-state index contributed by atoms with van der Waals surface area (Å²) in [5.41, 5.74) is 1.36. The number of unbranched alkanes of at least 4 members (excludes halogenated alkanes) is 1. The van der Waals surface area contributed by atoms with Gasteiger partial charge in [0.2, 0.25) is 0 Å². The van der Waals surface area contributed by atoms with E-state index in [0.717, 1.165) is 82.4 Å². The van der Waals surface area contributed by atoms with Gasteiger partial charge in [-0.05, 0) is 62.5 Å². The van der Waals surface area contributed by atoms with E-state index in [9.17, 15) is 0 Å². The Bertz CT molecular complexity index is 566. The quantitative estimate of drug-likeness (QED) is 0.331. The molecule has 0 spiro atoms. The van der Waals surface area contributed by atoms with Crippen molar-refractivity contribution in [3.8, 4) is 5.75 Å². The Balaban J connectivity index is 1.75. The zero-order valence-corrected chi connectivity index (χ0v) is 18.6. The fourth-order valence-corrected chi connectivity index (χ4v) is 4.64. The Morgan fingerprint density at radius 3 is 2.54 bits per heavy atom. The van der Waals surface area contributed by atoms with Crippen molar-refractivity contribution in [2.75, 3.05) is 45.7 Å². The zero-order valence-electron chi connectivity index (χ0n) is 17.8. The number of ether oxygens (including phenoxy) is 2. The Morgan fingerprint density at radius 2 is 1.89 bits per heavy atom. The fourth-order valence-electron chi connectivity index (χ4n) is 3.42. The average molecular weight is 408 g/mol. The van der Waals surface area contributed by atoms with Crippen molar-refractivity contribution in [2.45, 2.75) is 50.7 Å². The van der Waals surface area contributed by atoms with Crippen LogP contribution in [0.1, 0.15) is 45.1 Å². The van der Waals surface area contributed by atoms with Crippen LogP contribution in [0.4, 0.5) is 0 Å². The van der Waals surface area contributed by atoms with Crippen LogP contribution in [0.2, 0.25) is 0 Å². The molecule has 1 aliphatic heterocycles. The van der Waals surface area contributed by atoms with E-state index in [4.69, 9.17) is 14.5 Å². The molecule has 1 aromatic rings. The number of hydrogen-bond acceptors (Lipinski definition) is 4. The van der Waals surface area contributed by atoms with Gasteiger partial charge in [0.15, 0.2) is 5.96 Å². The summed E-state index contributed by atoms with van der Waals surface area (Å²) < 4.78 is 11.0. The highest BCUT2D eigenvalue weighted by Gasteiger charge is 2.32. The first-order valence-electron chi connectivity index (χ1n) is 10.6. The van der Waals surface area contributed by atoms with E-state index in [1.54, 1.807) is 7.11 Å². The Morgan fingerprint density at radius 1 is 1.14 bits per heavy atom. The maximum atomic E-state index is 5.57. The van der Waals surface area contributed by atoms with Gasteiger partial charge in [-0.3, -0.25) is 4.99 Å². The molecule has 28 heavy (non-hydrogen) atoms. The average Bonchev–Trinajstić information content (AvgIpc) is 2.73. The molecule has 5 nitrogen and oxygen atoms in total. The molecule has 1 aliphatic rings. The first-order chi connectivity index (χ1) is 13.7. The van der Waals surface area contributed by atoms with E-state index in [2.05, 4.69) is 36.6 Å². The Hall–Kier alpha value is -1.40. The number of nitrogens with zero attached hydrogens (tertiary/aromatic N) is 1. The van der Waals surface area contributed by atoms with Crippen LogP contribution < -0.4 is 15.4 Å². The second kappa shape index (κ2) is 12.9. The number of aryl methyl sites for hydroxylation is 1. The number of hydrogen-bond donors (Lipinski definition) is 2. The van der Waals surface area contributed by atoms with Crippen LogP contribution in [-0.4, -0.2) is 56.4 Å². The summed E-state index contributed by atoms with van der Waals surface area (Å²) in [4.78, 5) is 4.91. The summed E-state index contributed by atoms with van der Waals surface area (Å²) in [7, 11) is 1.70. The summed E-state index contributed by atoms with van der Waals surface area (Å²) in [6, 6.07) is 8.36. The SMILES string of the molecule is CCNC(=NCC1(SCC)CCOCC1)NCCCCc1ccc(OC)cc1. The maximum absolute atomic E-state index is 5.57. The number of benzene rings is 1. The van der Waals surface area contributed by atoms with E-state index in [-0.39, 0.29) is 4.75 Å². The normalized spacial score (nSPS) is 16.6. The smallest absolute Gasteiger partial charge is 0.191 e. The van der Waals surface area contributed by atoms with E-state index in [1.165, 1.54) is 5.56 Å². The van der Waals surface area contributed by atoms with Gasteiger partial charge in [-0.1, -0.05) is 19.1 Å². The predicted octanol–water partition coefficient (Wildman–Crippen LogP) is 3.88. The molecule has 0 saturated carbocycles. The topological polar surface area (TPSA) is 54.9 Å². The monoisotopic (exact) mass is 407 g/mol. The third-order valence-electron chi connectivity index (χ3n) is 5.07. The van der Waals surface area contributed by atoms with Gasteiger partial charge in [0, 0.05) is 31.1 Å². The van der Waals surface area contributed by atoms with Crippen LogP contribution in [-0.2, 0) is 11.2 Å². The molecule has 0 radical (unpaired) electrons. The van der Waals surface area contributed by atoms with Gasteiger partial charge >= 0.3 is 0 Å². The molecular formula is C22H37N3O2S. The summed E-state index contributed by atoms with van der Waals surface area (Å²) in [6.45, 7) is 8.75. The van der Waals surface area contributed by atoms with Crippen molar-refractivity contribution in [1.29, 1.82) is 0 Å². The molecule has 0 unspecified atom stereocenters. The summed E-state index contributed by atoms with van der Waals surface area (Å²) >= 11 is 2.04. The lowest BCUT2D eigenvalue weighted by Gasteiger charge is -2.35. The minimum Gasteiger partial charge on any atom is -0.497 e. The lowest BCUT2D eigenvalue weighted by Crippen LogP contribution is -2.41. The van der Waals surface area contributed by atoms with Crippen LogP contribution in [0.3, 0.4) is 0 Å². The number of guanidine groups is 1. The van der Waals surface area contributed by atoms with E-state index in [0.29, 0.717) is 0 Å². The lowest BCUT2D eigenvalue weighted by atomic mass is 9.99. The lowest BCUT2D eigenvalue weighted by molar-refractivity contribution is 0.0793. The third kappa shape index (κ3) is 7.92. The van der Waals surface area contributed by atoms with Crippen molar-refractivity contribution in [2.24, 2.45) is 4.99 Å². The standard InChI is InChI=1S/C22H37N3O2S/c1-4-23-21(25-18-22(28-5-2)13-16-27-17-14-22)24-15-7-6-8-19-9-11-20(26-3)12-10-19/h9-12H,4-8,13-18H2,1-3H3,(H2,23,24,25). The second-order valence-corrected chi connectivity index (χ2v) is 8.89. The maximum Gasteiger partial charge on any atom is 0.191 e. The molecule has 1 aromatic carbocycles. The van der Waals surface area contributed by atoms with Crippen LogP contribution >= 0.6 is 11.8 Å². The highest BCUT2D eigenvalue weighted by molar-refractivity contribution is 8.00. The van der Waals surface area contributed by atoms with Crippen molar-refractivity contribution in [1.82, 2.24) is 10.6 Å². The molecule has 2 N–H and O–H groups in total. The molecule has 1 fully saturated rings. The molecule has 0 aromatic heterocycles. The number of nitrogens with one attached hydrogen (secondary N) is 2. The second-order valence-electron chi connectivity index (χ2n) is 7.16. The predicted molar refractivity (Wildman–Crippen MR) is 121 cm³/mol. The molecular weight excluding hydrogens is 370 g/mol. The molecule has 1 heterocycles. The van der Waals surface area contributed by atoms with E-state index in [1.807, 2.05) is 23.9 Å². The zero-order chi connectivity index (χ0) is 20.1. The van der Waals surface area contributed by atoms with Crippen molar-refractivity contribution < 1.29 is 9.47 Å². The highest BCUT2D eigenvalue weighted by atomic mass is 32.2. The van der Waals surface area contributed by atoms with Crippen molar-refractivity contribution in [3.63, 3.8) is 0 Å². The molecule has 0 atom stereocenters. The minimum absolute atomic E-state index is 0.240. The van der Waals surface area contributed by atoms with Crippen LogP contribution in [0.25, 0.3) is 0 Å². The molecule has 6 heteroatoms. The van der Waals surface area contributed by atoms with Gasteiger partial charge in [0.05, 0.1) is 13.7 Å². The van der Waals surface area contributed by atoms with Gasteiger partial charge in [-0.25, -0.2) is 0 Å².